The molecule has 7 rings (SSSR count). The van der Waals surface area contributed by atoms with Gasteiger partial charge in [0.1, 0.15) is 159 Å². The van der Waals surface area contributed by atoms with E-state index in [0.717, 1.165) is 34.6 Å². The zero-order valence-corrected chi connectivity index (χ0v) is 56.6. The molecule has 5 amide bonds. The topological polar surface area (TPSA) is 745 Å². The van der Waals surface area contributed by atoms with E-state index in [4.69, 9.17) is 61.6 Å². The maximum absolute atomic E-state index is 12.9. The zero-order valence-electron chi connectivity index (χ0n) is 56.6. The first-order valence-electron chi connectivity index (χ1n) is 32.8. The molecular formula is C58H95N5O42. The first kappa shape index (κ1) is 87.2. The number of carbonyl (C=O) groups excluding carboxylic acids is 5. The predicted molar refractivity (Wildman–Crippen MR) is 324 cm³/mol. The van der Waals surface area contributed by atoms with E-state index in [1.165, 1.54) is 0 Å². The monoisotopic (exact) mass is 1530 g/mol. The summed E-state index contributed by atoms with van der Waals surface area (Å²) in [4.78, 5) is 88.1. The van der Waals surface area contributed by atoms with Crippen LogP contribution in [-0.2, 0) is 95.1 Å². The lowest BCUT2D eigenvalue weighted by molar-refractivity contribution is -0.368. The molecule has 0 aliphatic carbocycles. The Morgan fingerprint density at radius 3 is 1.09 bits per heavy atom. The van der Waals surface area contributed by atoms with Crippen LogP contribution in [0.5, 0.6) is 0 Å². The van der Waals surface area contributed by atoms with Gasteiger partial charge in [0.25, 0.3) is 11.6 Å². The van der Waals surface area contributed by atoms with Crippen LogP contribution >= 0.6 is 0 Å². The fraction of sp³-hybridized carbons (Fsp3) is 0.879. The van der Waals surface area contributed by atoms with Crippen molar-refractivity contribution in [2.45, 2.75) is 273 Å². The lowest BCUT2D eigenvalue weighted by Gasteiger charge is -2.50. The molecule has 0 aromatic carbocycles. The number of aliphatic carboxylic acids is 2. The van der Waals surface area contributed by atoms with E-state index in [1.54, 1.807) is 0 Å². The summed E-state index contributed by atoms with van der Waals surface area (Å²) in [5.74, 6) is -14.4. The zero-order chi connectivity index (χ0) is 78.3. The van der Waals surface area contributed by atoms with Gasteiger partial charge in [-0.2, -0.15) is 0 Å². The quantitative estimate of drug-likeness (QED) is 0.0318. The number of aliphatic hydroxyl groups excluding tert-OH is 20. The van der Waals surface area contributed by atoms with Crippen molar-refractivity contribution in [2.24, 2.45) is 0 Å². The number of nitrogens with one attached hydrogen (secondary N) is 5. The van der Waals surface area contributed by atoms with Gasteiger partial charge in [0.05, 0.1) is 70.5 Å². The molecule has 0 spiro atoms. The van der Waals surface area contributed by atoms with Crippen molar-refractivity contribution < 1.29 is 207 Å². The summed E-state index contributed by atoms with van der Waals surface area (Å²) >= 11 is 0. The van der Waals surface area contributed by atoms with Crippen LogP contribution in [0.1, 0.15) is 47.5 Å². The van der Waals surface area contributed by atoms with Crippen LogP contribution in [0.3, 0.4) is 0 Å². The van der Waals surface area contributed by atoms with Crippen molar-refractivity contribution in [3.05, 3.63) is 0 Å². The number of ether oxygens (including phenoxy) is 13. The van der Waals surface area contributed by atoms with Crippen LogP contribution in [0.2, 0.25) is 0 Å². The van der Waals surface area contributed by atoms with Gasteiger partial charge < -0.3 is 201 Å². The number of hydrogen-bond donors (Lipinski definition) is 27. The Kier molecular flexibility index (Phi) is 30.8. The summed E-state index contributed by atoms with van der Waals surface area (Å²) in [6.07, 6.45) is -64.7. The van der Waals surface area contributed by atoms with E-state index in [9.17, 15) is 146 Å². The van der Waals surface area contributed by atoms with Gasteiger partial charge >= 0.3 is 11.9 Å². The summed E-state index contributed by atoms with van der Waals surface area (Å²) < 4.78 is 75.0. The largest absolute Gasteiger partial charge is 0.477 e. The highest BCUT2D eigenvalue weighted by atomic mass is 16.8. The Labute approximate surface area is 593 Å². The minimum Gasteiger partial charge on any atom is -0.477 e. The molecule has 0 saturated carbocycles. The molecule has 27 N–H and O–H groups in total. The van der Waals surface area contributed by atoms with E-state index in [0.29, 0.717) is 0 Å². The molecule has 47 nitrogen and oxygen atoms in total. The molecule has 47 heteroatoms. The highest BCUT2D eigenvalue weighted by molar-refractivity contribution is 5.78. The van der Waals surface area contributed by atoms with Crippen molar-refractivity contribution in [1.29, 1.82) is 0 Å². The Morgan fingerprint density at radius 2 is 0.724 bits per heavy atom. The van der Waals surface area contributed by atoms with Gasteiger partial charge in [-0.1, -0.05) is 0 Å². The van der Waals surface area contributed by atoms with Gasteiger partial charge in [-0.15, -0.1) is 0 Å². The van der Waals surface area contributed by atoms with Crippen molar-refractivity contribution in [2.75, 3.05) is 46.2 Å². The van der Waals surface area contributed by atoms with Crippen LogP contribution in [-0.4, -0.2) is 426 Å². The third-order valence-corrected chi connectivity index (χ3v) is 18.5. The highest BCUT2D eigenvalue weighted by Gasteiger charge is 2.61. The second-order valence-corrected chi connectivity index (χ2v) is 26.2. The number of amides is 5. The summed E-state index contributed by atoms with van der Waals surface area (Å²) in [6, 6.07) is -8.83. The van der Waals surface area contributed by atoms with Crippen LogP contribution < -0.4 is 26.6 Å². The SMILES string of the molecule is CC(=O)N[C@@H]1[C@@H](O[C@@H]2O[C@H](CO)[C@@H](O[C@@H]3O[C@H](CO[C@]4(C(=O)O)C[C@H](O)[C@@H](NC(C)=O)[C@H]([C@H](O)[C@H](O)CO)O4)[C@H](O)[C@H](O)[C@H]3O)[C@H](O)[C@H]2NC(C)=O)[C@@H](O)[C@@H](CO[C@@H]2O[C@H](CO)[C@@H](O[C@@H]3O[C@H](CO[C@]4(C(=O)O)C[C@H](O)[C@@H](NC(C)=O)[C@H]([C@H](O)[C@H](O)CO)O4)[C@H](O)[C@H](O)[C@H]3O)[C@H](O)[C@H]2NC(C)=O)O[C@@H]1O. The number of carboxylic acid groups (broad SMARTS) is 2. The average molecular weight is 1530 g/mol. The maximum atomic E-state index is 12.9. The Balaban J connectivity index is 1.06. The van der Waals surface area contributed by atoms with Crippen molar-refractivity contribution in [1.82, 2.24) is 26.6 Å². The molecule has 7 saturated heterocycles. The summed E-state index contributed by atoms with van der Waals surface area (Å²) in [7, 11) is 0. The molecule has 0 radical (unpaired) electrons. The maximum Gasteiger partial charge on any atom is 0.364 e. The minimum atomic E-state index is -3.03. The van der Waals surface area contributed by atoms with E-state index < -0.39 is 326 Å². The molecule has 7 heterocycles. The standard InChI is InChI=1S/C58H95N5O42/c1-15(68)59-29-20(73)6-57(55(89)90,104-48(29)34(77)22(75)8-64)94-13-27-36(79)41(84)43(86)53(99-27)101-45-24(10-66)97-51(31(39(45)82)61-17(3)70)93-12-26-38(81)47(33(50(88)96-26)63-19(5)72)103-52-32(62-18(4)71)40(83)46(25(11-67)98-52)102-54-44(87)42(85)37(80)28(100-54)14-95-58(56(91)92)7-21(74)30(60-16(2)69)49(105-58)35(78)23(76)9-65/h20-54,64-67,73-88H,6-14H2,1-5H3,(H,59,68)(H,60,69)(H,61,70)(H,62,71)(H,63,72)(H,89,90)(H,91,92)/t20-,21-,22+,23+,24+,25+,26+,27+,28+,29+,30+,31+,32+,33+,34+,35+,36-,37-,38-,39+,40+,41-,42-,43+,44+,45+,46+,47+,48+,49+,50-,51+,52-,53-,54-,57+,58+/m0/s1. The fourth-order valence-electron chi connectivity index (χ4n) is 13.1. The van der Waals surface area contributed by atoms with Crippen molar-refractivity contribution >= 4 is 41.5 Å². The Bertz CT molecular complexity index is 2900. The summed E-state index contributed by atoms with van der Waals surface area (Å²) in [6.45, 7) is -3.00. The van der Waals surface area contributed by atoms with Gasteiger partial charge in [-0.05, 0) is 0 Å². The molecular weight excluding hydrogens is 1440 g/mol. The predicted octanol–water partition coefficient (Wildman–Crippen LogP) is -17.1. The van der Waals surface area contributed by atoms with Crippen LogP contribution in [0.4, 0.5) is 0 Å². The average Bonchev–Trinajstić information content (AvgIpc) is 0.775. The lowest BCUT2D eigenvalue weighted by Crippen LogP contribution is -2.71. The number of carbonyl (C=O) groups is 7. The summed E-state index contributed by atoms with van der Waals surface area (Å²) in [5, 5.41) is 251. The second-order valence-electron chi connectivity index (χ2n) is 26.2. The molecule has 0 unspecified atom stereocenters. The van der Waals surface area contributed by atoms with Crippen LogP contribution in [0, 0.1) is 0 Å². The van der Waals surface area contributed by atoms with Crippen LogP contribution in [0.25, 0.3) is 0 Å². The number of rotatable bonds is 30. The third kappa shape index (κ3) is 20.0. The fourth-order valence-corrected chi connectivity index (χ4v) is 13.1. The molecule has 604 valence electrons. The Hall–Kier alpha value is -5.03. The molecule has 7 fully saturated rings. The lowest BCUT2D eigenvalue weighted by atomic mass is 9.88. The molecule has 37 atom stereocenters. The number of carboxylic acids is 2. The van der Waals surface area contributed by atoms with Gasteiger partial charge in [-0.3, -0.25) is 24.0 Å². The van der Waals surface area contributed by atoms with Crippen molar-refractivity contribution in [3.63, 3.8) is 0 Å². The van der Waals surface area contributed by atoms with E-state index in [1.807, 2.05) is 0 Å². The van der Waals surface area contributed by atoms with Gasteiger partial charge in [0.15, 0.2) is 31.5 Å². The van der Waals surface area contributed by atoms with E-state index in [-0.39, 0.29) is 0 Å². The first-order chi connectivity index (χ1) is 49.2. The normalized spacial score (nSPS) is 43.6. The molecule has 7 aliphatic heterocycles. The number of aliphatic hydroxyl groups is 20. The molecule has 105 heavy (non-hydrogen) atoms. The highest BCUT2D eigenvalue weighted by Crippen LogP contribution is 2.40. The minimum absolute atomic E-state index is 0.811. The summed E-state index contributed by atoms with van der Waals surface area (Å²) in [5.41, 5.74) is 0. The second kappa shape index (κ2) is 37.1. The molecule has 7 aliphatic rings. The van der Waals surface area contributed by atoms with Crippen molar-refractivity contribution in [3.8, 4) is 0 Å². The first-order valence-corrected chi connectivity index (χ1v) is 32.8. The number of hydrogen-bond acceptors (Lipinski definition) is 40. The smallest absolute Gasteiger partial charge is 0.364 e. The van der Waals surface area contributed by atoms with Gasteiger partial charge in [-0.25, -0.2) is 9.59 Å². The van der Waals surface area contributed by atoms with E-state index >= 15 is 0 Å². The van der Waals surface area contributed by atoms with Gasteiger partial charge in [0.2, 0.25) is 29.5 Å². The third-order valence-electron chi connectivity index (χ3n) is 18.5. The van der Waals surface area contributed by atoms with E-state index in [2.05, 4.69) is 26.6 Å². The van der Waals surface area contributed by atoms with Gasteiger partial charge in [0, 0.05) is 47.5 Å². The molecule has 0 bridgehead atoms. The molecule has 0 aromatic heterocycles. The molecule has 0 aromatic rings. The van der Waals surface area contributed by atoms with Crippen LogP contribution in [0.15, 0.2) is 0 Å². The Morgan fingerprint density at radius 1 is 0.390 bits per heavy atom.